The first kappa shape index (κ1) is 29.9. The Bertz CT molecular complexity index is 348. The Morgan fingerprint density at radius 2 is 0.548 bits per heavy atom. The Kier molecular flexibility index (Phi) is 18.2. The van der Waals surface area contributed by atoms with Crippen LogP contribution in [0.5, 0.6) is 0 Å². The maximum atomic E-state index is 6.70. The van der Waals surface area contributed by atoms with E-state index in [4.69, 9.17) is 41.5 Å². The quantitative estimate of drug-likeness (QED) is 0.211. The zero-order chi connectivity index (χ0) is 22.3. The van der Waals surface area contributed by atoms with E-state index in [1.54, 1.807) is 0 Å². The van der Waals surface area contributed by atoms with Gasteiger partial charge in [-0.05, 0) is 88.6 Å². The van der Waals surface area contributed by atoms with Gasteiger partial charge in [-0.2, -0.15) is 0 Å². The van der Waals surface area contributed by atoms with E-state index >= 15 is 0 Å². The van der Waals surface area contributed by atoms with E-state index in [2.05, 4.69) is 0 Å². The van der Waals surface area contributed by atoms with Crippen LogP contribution in [0.4, 0.5) is 0 Å². The summed E-state index contributed by atoms with van der Waals surface area (Å²) in [4.78, 5) is 0. The molecule has 188 valence electrons. The van der Waals surface area contributed by atoms with E-state index in [1.807, 2.05) is 0 Å². The van der Waals surface area contributed by atoms with E-state index in [1.165, 1.54) is 128 Å². The summed E-state index contributed by atoms with van der Waals surface area (Å²) in [5.74, 6) is 0. The molecular formula is C24H44Cl4P2Pd. The van der Waals surface area contributed by atoms with Gasteiger partial charge in [0.15, 0.2) is 0 Å². The summed E-state index contributed by atoms with van der Waals surface area (Å²) in [7, 11) is 9.34. The monoisotopic (exact) mass is 640 g/mol. The van der Waals surface area contributed by atoms with E-state index < -0.39 is 0 Å². The normalized spacial score (nSPS) is 25.1. The molecule has 4 aliphatic carbocycles. The van der Waals surface area contributed by atoms with Crippen LogP contribution in [0, 0.1) is 0 Å². The van der Waals surface area contributed by atoms with Crippen molar-refractivity contribution in [3.63, 3.8) is 0 Å². The molecule has 0 nitrogen and oxygen atoms in total. The molecule has 0 spiro atoms. The molecule has 0 saturated heterocycles. The first-order chi connectivity index (χ1) is 15.2. The second-order valence-electron chi connectivity index (χ2n) is 9.90. The van der Waals surface area contributed by atoms with Gasteiger partial charge in [-0.3, -0.25) is 0 Å². The van der Waals surface area contributed by atoms with E-state index in [-0.39, 0.29) is 30.5 Å². The van der Waals surface area contributed by atoms with Crippen LogP contribution in [0.1, 0.15) is 128 Å². The van der Waals surface area contributed by atoms with Crippen molar-refractivity contribution in [2.45, 2.75) is 151 Å². The van der Waals surface area contributed by atoms with Crippen LogP contribution in [0.25, 0.3) is 0 Å². The van der Waals surface area contributed by atoms with Crippen molar-refractivity contribution in [1.82, 2.24) is 0 Å². The second-order valence-corrected chi connectivity index (χ2v) is 18.9. The third kappa shape index (κ3) is 12.0. The molecular weight excluding hydrogens is 598 g/mol. The maximum absolute atomic E-state index is 6.70. The van der Waals surface area contributed by atoms with Crippen molar-refractivity contribution in [3.8, 4) is 0 Å². The van der Waals surface area contributed by atoms with E-state index in [0.717, 1.165) is 22.6 Å². The molecule has 31 heavy (non-hydrogen) atoms. The summed E-state index contributed by atoms with van der Waals surface area (Å²) in [6.07, 6.45) is 28.9. The van der Waals surface area contributed by atoms with E-state index in [0.29, 0.717) is 0 Å². The van der Waals surface area contributed by atoms with Crippen LogP contribution in [-0.2, 0) is 15.9 Å². The molecule has 0 unspecified atom stereocenters. The van der Waals surface area contributed by atoms with Crippen molar-refractivity contribution >= 4 is 56.1 Å². The Labute approximate surface area is 221 Å². The minimum absolute atomic E-state index is 0.106. The molecule has 0 aliphatic heterocycles. The van der Waals surface area contributed by atoms with Gasteiger partial charge < -0.3 is 0 Å². The first-order valence-corrected chi connectivity index (χ1v) is 21.6. The van der Waals surface area contributed by atoms with Crippen molar-refractivity contribution in [1.29, 1.82) is 0 Å². The fourth-order valence-corrected chi connectivity index (χ4v) is 12.9. The first-order valence-electron chi connectivity index (χ1n) is 12.9. The number of halogens is 4. The van der Waals surface area contributed by atoms with Crippen LogP contribution in [0.3, 0.4) is 0 Å². The second kappa shape index (κ2) is 18.9. The summed E-state index contributed by atoms with van der Waals surface area (Å²) < 4.78 is 0. The molecule has 0 heterocycles. The fourth-order valence-electron chi connectivity index (χ4n) is 5.91. The molecule has 4 aliphatic rings. The van der Waals surface area contributed by atoms with Crippen LogP contribution >= 0.6 is 56.1 Å². The van der Waals surface area contributed by atoms with Gasteiger partial charge in [0.25, 0.3) is 0 Å². The van der Waals surface area contributed by atoms with Gasteiger partial charge in [-0.1, -0.05) is 99.5 Å². The summed E-state index contributed by atoms with van der Waals surface area (Å²) >= 11 is 13.3. The SMILES string of the molecule is ClP(C1CCCCC1)C1CCCCC1.ClP(C1CCCCC1)C1CCCCC1.[Cl][Pd][Cl]. The van der Waals surface area contributed by atoms with E-state index in [9.17, 15) is 0 Å². The molecule has 0 aromatic heterocycles. The number of rotatable bonds is 4. The molecule has 7 heteroatoms. The van der Waals surface area contributed by atoms with Gasteiger partial charge in [0.2, 0.25) is 0 Å². The van der Waals surface area contributed by atoms with Gasteiger partial charge in [0.1, 0.15) is 0 Å². The van der Waals surface area contributed by atoms with Crippen molar-refractivity contribution < 1.29 is 15.9 Å². The Morgan fingerprint density at radius 1 is 0.387 bits per heavy atom. The third-order valence-corrected chi connectivity index (χ3v) is 15.9. The summed E-state index contributed by atoms with van der Waals surface area (Å²) in [5.41, 5.74) is 3.68. The molecule has 0 N–H and O–H groups in total. The fraction of sp³-hybridized carbons (Fsp3) is 1.00. The Morgan fingerprint density at radius 3 is 0.710 bits per heavy atom. The zero-order valence-corrected chi connectivity index (χ0v) is 25.5. The number of hydrogen-bond acceptors (Lipinski definition) is 0. The van der Waals surface area contributed by atoms with Crippen LogP contribution in [0.2, 0.25) is 0 Å². The standard InChI is InChI=1S/2C12H22ClP.2ClH.Pd/c2*13-14(11-7-3-1-4-8-11)12-9-5-2-6-10-12;;;/h2*11-12H,1-10H2;2*1H;/q;;;;+2/p-2. The average Bonchev–Trinajstić information content (AvgIpc) is 2.86. The van der Waals surface area contributed by atoms with Crippen LogP contribution in [-0.4, -0.2) is 22.6 Å². The molecule has 0 aromatic carbocycles. The van der Waals surface area contributed by atoms with Crippen LogP contribution < -0.4 is 0 Å². The Balaban J connectivity index is 0.000000196. The summed E-state index contributed by atoms with van der Waals surface area (Å²) in [6, 6.07) is 0. The topological polar surface area (TPSA) is 0 Å². The van der Waals surface area contributed by atoms with Gasteiger partial charge in [-0.25, -0.2) is 0 Å². The molecule has 4 saturated carbocycles. The summed E-state index contributed by atoms with van der Waals surface area (Å²) in [5, 5.41) is 0. The summed E-state index contributed by atoms with van der Waals surface area (Å²) in [6.45, 7) is 0. The van der Waals surface area contributed by atoms with Gasteiger partial charge in [-0.15, -0.1) is 0 Å². The molecule has 4 fully saturated rings. The van der Waals surface area contributed by atoms with Crippen LogP contribution in [0.15, 0.2) is 0 Å². The molecule has 4 rings (SSSR count). The molecule has 0 radical (unpaired) electrons. The predicted octanol–water partition coefficient (Wildman–Crippen LogP) is 12.0. The molecule has 0 amide bonds. The van der Waals surface area contributed by atoms with Gasteiger partial charge in [0.05, 0.1) is 0 Å². The molecule has 0 aromatic rings. The van der Waals surface area contributed by atoms with Gasteiger partial charge >= 0.3 is 35.0 Å². The number of hydrogen-bond donors (Lipinski definition) is 0. The van der Waals surface area contributed by atoms with Gasteiger partial charge in [0, 0.05) is 0 Å². The molecule has 0 bridgehead atoms. The minimum atomic E-state index is -0.145. The zero-order valence-electron chi connectivity index (χ0n) is 19.2. The van der Waals surface area contributed by atoms with Crippen molar-refractivity contribution in [3.05, 3.63) is 0 Å². The molecule has 0 atom stereocenters. The predicted molar refractivity (Wildman–Crippen MR) is 145 cm³/mol. The van der Waals surface area contributed by atoms with Crippen molar-refractivity contribution in [2.75, 3.05) is 0 Å². The Hall–Kier alpha value is 2.68. The average molecular weight is 643 g/mol. The third-order valence-electron chi connectivity index (χ3n) is 7.69. The van der Waals surface area contributed by atoms with Crippen molar-refractivity contribution in [2.24, 2.45) is 0 Å².